The van der Waals surface area contributed by atoms with E-state index >= 15 is 0 Å². The number of fused-ring (bicyclic) bond motifs is 1. The topological polar surface area (TPSA) is 77.6 Å². The fraction of sp³-hybridized carbons (Fsp3) is 0.241. The molecule has 0 radical (unpaired) electrons. The quantitative estimate of drug-likeness (QED) is 0.240. The van der Waals surface area contributed by atoms with Gasteiger partial charge in [-0.1, -0.05) is 47.5 Å². The molecule has 3 heterocycles. The van der Waals surface area contributed by atoms with Crippen LogP contribution in [0.1, 0.15) is 64.8 Å². The summed E-state index contributed by atoms with van der Waals surface area (Å²) in [5.74, 6) is 0.564. The highest BCUT2D eigenvalue weighted by molar-refractivity contribution is 6.35. The molecule has 190 valence electrons. The van der Waals surface area contributed by atoms with Crippen LogP contribution in [0.15, 0.2) is 67.0 Å². The van der Waals surface area contributed by atoms with Crippen LogP contribution in [0.25, 0.3) is 16.7 Å². The van der Waals surface area contributed by atoms with Crippen molar-refractivity contribution in [3.63, 3.8) is 0 Å². The van der Waals surface area contributed by atoms with E-state index < -0.39 is 0 Å². The largest absolute Gasteiger partial charge is 0.319 e. The van der Waals surface area contributed by atoms with Gasteiger partial charge in [-0.25, -0.2) is 9.67 Å². The lowest BCUT2D eigenvalue weighted by atomic mass is 10.0. The molecule has 2 aliphatic rings. The third-order valence-electron chi connectivity index (χ3n) is 7.13. The molecule has 0 bridgehead atoms. The van der Waals surface area contributed by atoms with E-state index in [2.05, 4.69) is 10.4 Å². The average Bonchev–Trinajstić information content (AvgIpc) is 3.86. The van der Waals surface area contributed by atoms with Crippen LogP contribution < -0.4 is 5.32 Å². The van der Waals surface area contributed by atoms with Gasteiger partial charge in [0, 0.05) is 33.8 Å². The number of pyridine rings is 1. The molecule has 0 aliphatic heterocycles. The summed E-state index contributed by atoms with van der Waals surface area (Å²) >= 11 is 12.4. The van der Waals surface area contributed by atoms with Gasteiger partial charge in [0.15, 0.2) is 5.65 Å². The summed E-state index contributed by atoms with van der Waals surface area (Å²) in [5, 5.41) is 14.5. The average molecular weight is 543 g/mol. The Morgan fingerprint density at radius 2 is 1.79 bits per heavy atom. The molecule has 3 aromatic heterocycles. The number of anilines is 1. The summed E-state index contributed by atoms with van der Waals surface area (Å²) < 4.78 is 3.64. The predicted molar refractivity (Wildman–Crippen MR) is 149 cm³/mol. The monoisotopic (exact) mass is 542 g/mol. The fourth-order valence-electron chi connectivity index (χ4n) is 4.86. The second kappa shape index (κ2) is 9.26. The number of carbonyl (C=O) groups excluding carboxylic acids is 1. The van der Waals surface area contributed by atoms with E-state index in [9.17, 15) is 4.79 Å². The van der Waals surface area contributed by atoms with Crippen LogP contribution in [0.2, 0.25) is 10.0 Å². The normalized spacial score (nSPS) is 15.2. The Morgan fingerprint density at radius 3 is 2.53 bits per heavy atom. The van der Waals surface area contributed by atoms with Crippen LogP contribution >= 0.6 is 23.2 Å². The summed E-state index contributed by atoms with van der Waals surface area (Å²) in [7, 11) is 0. The summed E-state index contributed by atoms with van der Waals surface area (Å²) in [4.78, 5) is 18.8. The molecule has 0 spiro atoms. The van der Waals surface area contributed by atoms with E-state index in [0.29, 0.717) is 39.7 Å². The molecule has 38 heavy (non-hydrogen) atoms. The van der Waals surface area contributed by atoms with Crippen molar-refractivity contribution in [1.82, 2.24) is 24.5 Å². The van der Waals surface area contributed by atoms with Gasteiger partial charge in [-0.2, -0.15) is 10.2 Å². The van der Waals surface area contributed by atoms with Gasteiger partial charge in [-0.3, -0.25) is 9.48 Å². The lowest BCUT2D eigenvalue weighted by Crippen LogP contribution is -2.13. The van der Waals surface area contributed by atoms with E-state index in [1.165, 1.54) is 0 Å². The molecule has 0 saturated heterocycles. The van der Waals surface area contributed by atoms with Gasteiger partial charge in [0.05, 0.1) is 40.8 Å². The van der Waals surface area contributed by atoms with Crippen LogP contribution in [-0.2, 0) is 6.54 Å². The SMILES string of the molecule is O=C(Nc1cnn(Cc2ccc(Cl)cc2Cl)c1)c1cc(C2CC2)nc2c1c(C1CC1)nn2-c1ccccc1. The molecule has 0 atom stereocenters. The van der Waals surface area contributed by atoms with Crippen molar-refractivity contribution in [2.45, 2.75) is 44.1 Å². The van der Waals surface area contributed by atoms with Crippen molar-refractivity contribution in [3.8, 4) is 5.69 Å². The maximum Gasteiger partial charge on any atom is 0.256 e. The predicted octanol–water partition coefficient (Wildman–Crippen LogP) is 6.98. The Morgan fingerprint density at radius 1 is 1.00 bits per heavy atom. The Labute approximate surface area is 229 Å². The molecular formula is C29H24Cl2N6O. The summed E-state index contributed by atoms with van der Waals surface area (Å²) in [5.41, 5.74) is 5.73. The van der Waals surface area contributed by atoms with Crippen molar-refractivity contribution in [3.05, 3.63) is 99.6 Å². The third kappa shape index (κ3) is 4.46. The highest BCUT2D eigenvalue weighted by Crippen LogP contribution is 2.45. The number of carbonyl (C=O) groups is 1. The van der Waals surface area contributed by atoms with Crippen LogP contribution in [0, 0.1) is 0 Å². The number of hydrogen-bond acceptors (Lipinski definition) is 4. The van der Waals surface area contributed by atoms with Gasteiger partial charge < -0.3 is 5.32 Å². The van der Waals surface area contributed by atoms with Gasteiger partial charge in [0.25, 0.3) is 5.91 Å². The zero-order valence-corrected chi connectivity index (χ0v) is 22.0. The molecule has 2 aliphatic carbocycles. The second-order valence-electron chi connectivity index (χ2n) is 10.1. The minimum atomic E-state index is -0.183. The van der Waals surface area contributed by atoms with Crippen molar-refractivity contribution in [2.24, 2.45) is 0 Å². The van der Waals surface area contributed by atoms with Crippen molar-refractivity contribution >= 4 is 45.8 Å². The van der Waals surface area contributed by atoms with Crippen molar-refractivity contribution in [2.75, 3.05) is 5.32 Å². The van der Waals surface area contributed by atoms with Gasteiger partial charge in [0.1, 0.15) is 0 Å². The minimum Gasteiger partial charge on any atom is -0.319 e. The fourth-order valence-corrected chi connectivity index (χ4v) is 5.33. The zero-order chi connectivity index (χ0) is 25.8. The number of halogens is 2. The molecule has 1 amide bonds. The first kappa shape index (κ1) is 23.4. The molecule has 5 aromatic rings. The summed E-state index contributed by atoms with van der Waals surface area (Å²) in [6.07, 6.45) is 7.79. The highest BCUT2D eigenvalue weighted by Gasteiger charge is 2.34. The Bertz CT molecular complexity index is 1680. The first-order valence-corrected chi connectivity index (χ1v) is 13.6. The van der Waals surface area contributed by atoms with Crippen LogP contribution in [0.5, 0.6) is 0 Å². The number of aromatic nitrogens is 5. The van der Waals surface area contributed by atoms with E-state index in [0.717, 1.165) is 59.4 Å². The first-order valence-electron chi connectivity index (χ1n) is 12.8. The second-order valence-corrected chi connectivity index (χ2v) is 10.9. The number of nitrogens with zero attached hydrogens (tertiary/aromatic N) is 5. The molecule has 2 saturated carbocycles. The van der Waals surface area contributed by atoms with Gasteiger partial charge in [0.2, 0.25) is 0 Å². The van der Waals surface area contributed by atoms with Gasteiger partial charge in [-0.05, 0) is 61.6 Å². The molecule has 7 rings (SSSR count). The summed E-state index contributed by atoms with van der Waals surface area (Å²) in [6.45, 7) is 0.465. The number of benzene rings is 2. The molecule has 2 fully saturated rings. The van der Waals surface area contributed by atoms with Crippen LogP contribution in [0.3, 0.4) is 0 Å². The number of para-hydroxylation sites is 1. The number of amides is 1. The maximum atomic E-state index is 13.8. The number of nitrogens with one attached hydrogen (secondary N) is 1. The molecule has 7 nitrogen and oxygen atoms in total. The maximum absolute atomic E-state index is 13.8. The van der Waals surface area contributed by atoms with Crippen LogP contribution in [0.4, 0.5) is 5.69 Å². The van der Waals surface area contributed by atoms with Crippen molar-refractivity contribution < 1.29 is 4.79 Å². The third-order valence-corrected chi connectivity index (χ3v) is 7.72. The number of rotatable bonds is 7. The van der Waals surface area contributed by atoms with E-state index in [1.54, 1.807) is 29.2 Å². The van der Waals surface area contributed by atoms with Gasteiger partial charge >= 0.3 is 0 Å². The van der Waals surface area contributed by atoms with E-state index in [1.807, 2.05) is 47.1 Å². The Kier molecular flexibility index (Phi) is 5.71. The molecule has 2 aromatic carbocycles. The standard InChI is InChI=1S/C29H24Cl2N6O/c30-20-11-10-19(24(31)12-20)15-36-16-21(14-32-36)33-29(38)23-13-25(17-6-7-17)34-28-26(23)27(18-8-9-18)35-37(28)22-4-2-1-3-5-22/h1-5,10-14,16-18H,6-9,15H2,(H,33,38). The van der Waals surface area contributed by atoms with Gasteiger partial charge in [-0.15, -0.1) is 0 Å². The smallest absolute Gasteiger partial charge is 0.256 e. The van der Waals surface area contributed by atoms with E-state index in [4.69, 9.17) is 33.3 Å². The molecule has 1 N–H and O–H groups in total. The summed E-state index contributed by atoms with van der Waals surface area (Å²) in [6, 6.07) is 17.4. The zero-order valence-electron chi connectivity index (χ0n) is 20.4. The lowest BCUT2D eigenvalue weighted by molar-refractivity contribution is 0.102. The Hall–Kier alpha value is -3.68. The lowest BCUT2D eigenvalue weighted by Gasteiger charge is -2.09. The van der Waals surface area contributed by atoms with E-state index in [-0.39, 0.29) is 5.91 Å². The molecule has 0 unspecified atom stereocenters. The highest BCUT2D eigenvalue weighted by atomic mass is 35.5. The first-order chi connectivity index (χ1) is 18.5. The number of hydrogen-bond donors (Lipinski definition) is 1. The molecule has 9 heteroatoms. The molecular weight excluding hydrogens is 519 g/mol. The minimum absolute atomic E-state index is 0.183. The van der Waals surface area contributed by atoms with Crippen LogP contribution in [-0.4, -0.2) is 30.5 Å². The van der Waals surface area contributed by atoms with Crippen molar-refractivity contribution in [1.29, 1.82) is 0 Å². The Balaban J connectivity index is 1.25.